The SMILES string of the molecule is C=CC(=O)C(=PC)N(C)CC. The molecule has 0 aromatic heterocycles. The van der Waals surface area contributed by atoms with Crippen molar-refractivity contribution in [3.8, 4) is 0 Å². The van der Waals surface area contributed by atoms with Gasteiger partial charge in [-0.2, -0.15) is 0 Å². The van der Waals surface area contributed by atoms with Crippen molar-refractivity contribution in [1.29, 1.82) is 0 Å². The minimum atomic E-state index is 0.0264. The maximum absolute atomic E-state index is 11.1. The zero-order valence-electron chi connectivity index (χ0n) is 7.29. The Labute approximate surface area is 69.7 Å². The highest BCUT2D eigenvalue weighted by Gasteiger charge is 2.08. The number of carbonyl (C=O) groups is 1. The molecule has 0 radical (unpaired) electrons. The van der Waals surface area contributed by atoms with Gasteiger partial charge in [-0.15, -0.1) is 0 Å². The molecule has 0 aliphatic heterocycles. The molecule has 0 bridgehead atoms. The maximum atomic E-state index is 11.1. The quantitative estimate of drug-likeness (QED) is 0.470. The van der Waals surface area contributed by atoms with Crippen molar-refractivity contribution >= 4 is 19.4 Å². The van der Waals surface area contributed by atoms with E-state index >= 15 is 0 Å². The van der Waals surface area contributed by atoms with Crippen LogP contribution in [0.3, 0.4) is 0 Å². The number of hydrogen-bond acceptors (Lipinski definition) is 1. The average molecular weight is 171 g/mol. The summed E-state index contributed by atoms with van der Waals surface area (Å²) in [5, 5.41) is 0. The molecule has 0 aromatic carbocycles. The number of ketones is 1. The molecule has 0 rings (SSSR count). The predicted octanol–water partition coefficient (Wildman–Crippen LogP) is 1.40. The first-order chi connectivity index (χ1) is 5.17. The molecule has 0 unspecified atom stereocenters. The molecular formula is C8H14NOP. The molecule has 0 aliphatic carbocycles. The Morgan fingerprint density at radius 3 is 2.55 bits per heavy atom. The standard InChI is InChI=1S/C8H14NOP/c1-5-7(10)8(11-4)9(3)6-2/h5H,1,6H2,2-4H3. The zero-order chi connectivity index (χ0) is 8.85. The van der Waals surface area contributed by atoms with Crippen LogP contribution in [0.5, 0.6) is 0 Å². The van der Waals surface area contributed by atoms with Gasteiger partial charge < -0.3 is 0 Å². The van der Waals surface area contributed by atoms with Gasteiger partial charge in [0.25, 0.3) is 0 Å². The van der Waals surface area contributed by atoms with E-state index < -0.39 is 0 Å². The summed E-state index contributed by atoms with van der Waals surface area (Å²) in [6, 6.07) is 0. The Bertz CT molecular complexity index is 187. The molecule has 3 heteroatoms. The van der Waals surface area contributed by atoms with Crippen molar-refractivity contribution in [2.45, 2.75) is 6.92 Å². The van der Waals surface area contributed by atoms with Gasteiger partial charge in [0, 0.05) is 6.54 Å². The number of hydrogen-bond donors (Lipinski definition) is 0. The smallest absolute Gasteiger partial charge is 0.200 e. The zero-order valence-corrected chi connectivity index (χ0v) is 8.19. The minimum absolute atomic E-state index is 0.0264. The van der Waals surface area contributed by atoms with Gasteiger partial charge in [0.2, 0.25) is 0 Å². The lowest BCUT2D eigenvalue weighted by Crippen LogP contribution is -2.30. The normalized spacial score (nSPS) is 11.8. The molecule has 62 valence electrons. The minimum Gasteiger partial charge on any atom is -0.288 e. The lowest BCUT2D eigenvalue weighted by molar-refractivity contribution is -0.109. The summed E-state index contributed by atoms with van der Waals surface area (Å²) in [6.07, 6.45) is 1.36. The van der Waals surface area contributed by atoms with Crippen molar-refractivity contribution in [1.82, 2.24) is 4.90 Å². The van der Waals surface area contributed by atoms with Crippen LogP contribution in [0.4, 0.5) is 0 Å². The van der Waals surface area contributed by atoms with Crippen LogP contribution in [0.2, 0.25) is 0 Å². The first-order valence-corrected chi connectivity index (χ1v) is 4.86. The van der Waals surface area contributed by atoms with Crippen LogP contribution in [0.25, 0.3) is 0 Å². The van der Waals surface area contributed by atoms with Crippen LogP contribution in [-0.4, -0.2) is 36.4 Å². The van der Waals surface area contributed by atoms with Gasteiger partial charge in [-0.1, -0.05) is 21.7 Å². The van der Waals surface area contributed by atoms with Gasteiger partial charge in [-0.3, -0.25) is 9.69 Å². The lowest BCUT2D eigenvalue weighted by Gasteiger charge is -2.14. The highest BCUT2D eigenvalue weighted by Crippen LogP contribution is 1.99. The van der Waals surface area contributed by atoms with Crippen LogP contribution in [0.15, 0.2) is 12.7 Å². The number of likely N-dealkylation sites (N-methyl/N-ethyl adjacent to an activating group) is 1. The predicted molar refractivity (Wildman–Crippen MR) is 51.4 cm³/mol. The number of nitrogens with zero attached hydrogens (tertiary/aromatic N) is 1. The molecule has 0 fully saturated rings. The Balaban J connectivity index is 4.42. The molecule has 0 aromatic rings. The summed E-state index contributed by atoms with van der Waals surface area (Å²) >= 11 is 0. The summed E-state index contributed by atoms with van der Waals surface area (Å²) in [4.78, 5) is 13.1. The highest BCUT2D eigenvalue weighted by molar-refractivity contribution is 7.42. The van der Waals surface area contributed by atoms with E-state index in [2.05, 4.69) is 6.58 Å². The molecular weight excluding hydrogens is 157 g/mol. The van der Waals surface area contributed by atoms with Gasteiger partial charge in [-0.25, -0.2) is 0 Å². The largest absolute Gasteiger partial charge is 0.288 e. The van der Waals surface area contributed by atoms with E-state index in [0.717, 1.165) is 20.2 Å². The molecule has 0 amide bonds. The van der Waals surface area contributed by atoms with E-state index in [4.69, 9.17) is 0 Å². The molecule has 0 saturated heterocycles. The van der Waals surface area contributed by atoms with Crippen LogP contribution in [0.1, 0.15) is 6.92 Å². The third-order valence-corrected chi connectivity index (χ3v) is 2.44. The van der Waals surface area contributed by atoms with Gasteiger partial charge in [0.15, 0.2) is 5.78 Å². The fraction of sp³-hybridized carbons (Fsp3) is 0.500. The van der Waals surface area contributed by atoms with Crippen molar-refractivity contribution < 1.29 is 4.79 Å². The topological polar surface area (TPSA) is 20.3 Å². The Hall–Kier alpha value is -0.460. The van der Waals surface area contributed by atoms with Gasteiger partial charge >= 0.3 is 0 Å². The van der Waals surface area contributed by atoms with Crippen molar-refractivity contribution in [2.24, 2.45) is 0 Å². The summed E-state index contributed by atoms with van der Waals surface area (Å²) in [6.45, 7) is 8.26. The second kappa shape index (κ2) is 5.22. The van der Waals surface area contributed by atoms with E-state index in [1.165, 1.54) is 6.08 Å². The van der Waals surface area contributed by atoms with Gasteiger partial charge in [-0.05, 0) is 19.8 Å². The maximum Gasteiger partial charge on any atom is 0.200 e. The third-order valence-electron chi connectivity index (χ3n) is 1.45. The molecule has 11 heavy (non-hydrogen) atoms. The molecule has 0 atom stereocenters. The van der Waals surface area contributed by atoms with Crippen molar-refractivity contribution in [3.05, 3.63) is 12.7 Å². The second-order valence-corrected chi connectivity index (χ2v) is 3.00. The third kappa shape index (κ3) is 2.96. The summed E-state index contributed by atoms with van der Waals surface area (Å²) < 4.78 is 0. The van der Waals surface area contributed by atoms with E-state index in [1.54, 1.807) is 0 Å². The van der Waals surface area contributed by atoms with Gasteiger partial charge in [0.1, 0.15) is 0 Å². The number of carbonyl (C=O) groups excluding carboxylic acids is 1. The fourth-order valence-electron chi connectivity index (χ4n) is 0.710. The first kappa shape index (κ1) is 10.5. The lowest BCUT2D eigenvalue weighted by atomic mass is 10.3. The summed E-state index contributed by atoms with van der Waals surface area (Å²) in [7, 11) is 2.91. The monoisotopic (exact) mass is 171 g/mol. The Kier molecular flexibility index (Phi) is 5.01. The van der Waals surface area contributed by atoms with Crippen LogP contribution in [-0.2, 0) is 4.79 Å². The van der Waals surface area contributed by atoms with Crippen molar-refractivity contribution in [2.75, 3.05) is 20.3 Å². The van der Waals surface area contributed by atoms with Gasteiger partial charge in [0.05, 0.1) is 5.42 Å². The highest BCUT2D eigenvalue weighted by atomic mass is 31.1. The molecule has 0 aliphatic rings. The van der Waals surface area contributed by atoms with E-state index in [1.807, 2.05) is 25.5 Å². The van der Waals surface area contributed by atoms with E-state index in [0.29, 0.717) is 0 Å². The average Bonchev–Trinajstić information content (AvgIpc) is 2.05. The Morgan fingerprint density at radius 1 is 1.73 bits per heavy atom. The Morgan fingerprint density at radius 2 is 2.27 bits per heavy atom. The van der Waals surface area contributed by atoms with Crippen LogP contribution < -0.4 is 0 Å². The van der Waals surface area contributed by atoms with Crippen molar-refractivity contribution in [3.63, 3.8) is 0 Å². The molecule has 0 saturated carbocycles. The fourth-order valence-corrected chi connectivity index (χ4v) is 1.50. The first-order valence-electron chi connectivity index (χ1n) is 3.52. The second-order valence-electron chi connectivity index (χ2n) is 2.13. The number of rotatable bonds is 4. The summed E-state index contributed by atoms with van der Waals surface area (Å²) in [5.74, 6) is 0.0264. The van der Waals surface area contributed by atoms with Crippen LogP contribution in [0, 0.1) is 0 Å². The molecule has 0 heterocycles. The molecule has 0 spiro atoms. The van der Waals surface area contributed by atoms with E-state index in [9.17, 15) is 4.79 Å². The molecule has 2 nitrogen and oxygen atoms in total. The molecule has 0 N–H and O–H groups in total. The summed E-state index contributed by atoms with van der Waals surface area (Å²) in [5.41, 5.74) is 0.808. The van der Waals surface area contributed by atoms with Crippen LogP contribution >= 0.6 is 8.20 Å². The van der Waals surface area contributed by atoms with E-state index in [-0.39, 0.29) is 5.78 Å².